The lowest BCUT2D eigenvalue weighted by Gasteiger charge is -2.30. The average molecular weight is 312 g/mol. The van der Waals surface area contributed by atoms with Crippen molar-refractivity contribution in [1.29, 1.82) is 0 Å². The maximum absolute atomic E-state index is 12.3. The largest absolute Gasteiger partial charge is 0.378 e. The molecule has 1 N–H and O–H groups in total. The summed E-state index contributed by atoms with van der Waals surface area (Å²) in [5.74, 6) is -0.0541. The van der Waals surface area contributed by atoms with Gasteiger partial charge in [0.05, 0.1) is 23.8 Å². The number of carbonyl (C=O) groups is 1. The van der Waals surface area contributed by atoms with Gasteiger partial charge in [-0.05, 0) is 19.1 Å². The van der Waals surface area contributed by atoms with Crippen molar-refractivity contribution >= 4 is 21.4 Å². The number of anilines is 1. The van der Waals surface area contributed by atoms with Crippen LogP contribution in [-0.4, -0.2) is 57.8 Å². The number of sulfone groups is 1. The number of rotatable bonds is 4. The minimum atomic E-state index is -3.34. The molecule has 116 valence electrons. The molecule has 1 heterocycles. The van der Waals surface area contributed by atoms with Crippen LogP contribution in [0.2, 0.25) is 0 Å². The van der Waals surface area contributed by atoms with Crippen LogP contribution in [0, 0.1) is 0 Å². The highest BCUT2D eigenvalue weighted by atomic mass is 32.2. The SMILES string of the molecule is CC(Nc1ccccc1S(C)(=O)=O)C(=O)N1CCOCC1. The normalized spacial score (nSPS) is 17.3. The van der Waals surface area contributed by atoms with Crippen molar-refractivity contribution in [2.24, 2.45) is 0 Å². The molecule has 0 bridgehead atoms. The van der Waals surface area contributed by atoms with E-state index in [1.165, 1.54) is 6.07 Å². The summed E-state index contributed by atoms with van der Waals surface area (Å²) in [7, 11) is -3.34. The van der Waals surface area contributed by atoms with E-state index < -0.39 is 15.9 Å². The molecule has 0 saturated carbocycles. The number of benzene rings is 1. The van der Waals surface area contributed by atoms with Gasteiger partial charge in [-0.3, -0.25) is 4.79 Å². The van der Waals surface area contributed by atoms with Crippen molar-refractivity contribution in [2.45, 2.75) is 17.9 Å². The standard InChI is InChI=1S/C14H20N2O4S/c1-11(14(17)16-7-9-20-10-8-16)15-12-5-3-4-6-13(12)21(2,18)19/h3-6,11,15H,7-10H2,1-2H3. The fourth-order valence-electron chi connectivity index (χ4n) is 2.26. The third kappa shape index (κ3) is 3.95. The molecule has 1 saturated heterocycles. The molecule has 1 aromatic rings. The Kier molecular flexibility index (Phi) is 4.84. The fraction of sp³-hybridized carbons (Fsp3) is 0.500. The van der Waals surface area contributed by atoms with Crippen molar-refractivity contribution in [3.05, 3.63) is 24.3 Å². The fourth-order valence-corrected chi connectivity index (χ4v) is 3.11. The van der Waals surface area contributed by atoms with E-state index >= 15 is 0 Å². The number of nitrogens with one attached hydrogen (secondary N) is 1. The lowest BCUT2D eigenvalue weighted by atomic mass is 10.2. The molecule has 1 aromatic carbocycles. The van der Waals surface area contributed by atoms with E-state index in [0.717, 1.165) is 6.26 Å². The first-order valence-corrected chi connectivity index (χ1v) is 8.71. The molecular formula is C14H20N2O4S. The van der Waals surface area contributed by atoms with Crippen LogP contribution in [0.5, 0.6) is 0 Å². The number of morpholine rings is 1. The van der Waals surface area contributed by atoms with Gasteiger partial charge in [0.15, 0.2) is 9.84 Å². The molecule has 2 rings (SSSR count). The highest BCUT2D eigenvalue weighted by Crippen LogP contribution is 2.21. The minimum Gasteiger partial charge on any atom is -0.378 e. The Bertz CT molecular complexity index is 609. The van der Waals surface area contributed by atoms with E-state index in [4.69, 9.17) is 4.74 Å². The van der Waals surface area contributed by atoms with Crippen molar-refractivity contribution < 1.29 is 17.9 Å². The van der Waals surface area contributed by atoms with Crippen molar-refractivity contribution in [2.75, 3.05) is 37.9 Å². The summed E-state index contributed by atoms with van der Waals surface area (Å²) in [6.45, 7) is 3.95. The van der Waals surface area contributed by atoms with E-state index in [0.29, 0.717) is 32.0 Å². The van der Waals surface area contributed by atoms with Crippen molar-refractivity contribution in [1.82, 2.24) is 4.90 Å². The number of para-hydroxylation sites is 1. The van der Waals surface area contributed by atoms with E-state index in [9.17, 15) is 13.2 Å². The Morgan fingerprint density at radius 3 is 2.52 bits per heavy atom. The molecule has 1 amide bonds. The molecule has 0 aromatic heterocycles. The van der Waals surface area contributed by atoms with E-state index in [1.807, 2.05) is 0 Å². The highest BCUT2D eigenvalue weighted by molar-refractivity contribution is 7.90. The van der Waals surface area contributed by atoms with Gasteiger partial charge in [-0.1, -0.05) is 12.1 Å². The second-order valence-corrected chi connectivity index (χ2v) is 7.06. The zero-order valence-electron chi connectivity index (χ0n) is 12.2. The first kappa shape index (κ1) is 15.8. The summed E-state index contributed by atoms with van der Waals surface area (Å²) < 4.78 is 28.7. The molecule has 0 spiro atoms. The van der Waals surface area contributed by atoms with Crippen LogP contribution in [0.3, 0.4) is 0 Å². The number of nitrogens with zero attached hydrogens (tertiary/aromatic N) is 1. The molecule has 1 aliphatic rings. The van der Waals surface area contributed by atoms with Gasteiger partial charge in [0.1, 0.15) is 6.04 Å². The lowest BCUT2D eigenvalue weighted by Crippen LogP contribution is -2.47. The second-order valence-electron chi connectivity index (χ2n) is 5.07. The Balaban J connectivity index is 2.12. The Morgan fingerprint density at radius 2 is 1.90 bits per heavy atom. The van der Waals surface area contributed by atoms with Gasteiger partial charge in [0.25, 0.3) is 0 Å². The molecule has 1 fully saturated rings. The van der Waals surface area contributed by atoms with Gasteiger partial charge in [-0.25, -0.2) is 8.42 Å². The zero-order chi connectivity index (χ0) is 15.5. The first-order valence-electron chi connectivity index (χ1n) is 6.82. The van der Waals surface area contributed by atoms with Crippen LogP contribution in [0.15, 0.2) is 29.2 Å². The molecular weight excluding hydrogens is 292 g/mol. The van der Waals surface area contributed by atoms with E-state index in [1.54, 1.807) is 30.0 Å². The highest BCUT2D eigenvalue weighted by Gasteiger charge is 2.23. The van der Waals surface area contributed by atoms with Gasteiger partial charge < -0.3 is 15.0 Å². The predicted molar refractivity (Wildman–Crippen MR) is 80.0 cm³/mol. The maximum atomic E-state index is 12.3. The molecule has 0 aliphatic carbocycles. The van der Waals surface area contributed by atoms with Gasteiger partial charge >= 0.3 is 0 Å². The third-order valence-electron chi connectivity index (χ3n) is 3.35. The number of amides is 1. The average Bonchev–Trinajstić information content (AvgIpc) is 2.47. The summed E-state index contributed by atoms with van der Waals surface area (Å²) in [5, 5.41) is 3.00. The lowest BCUT2D eigenvalue weighted by molar-refractivity contribution is -0.135. The predicted octanol–water partition coefficient (Wildman–Crippen LogP) is 0.749. The van der Waals surface area contributed by atoms with Crippen molar-refractivity contribution in [3.63, 3.8) is 0 Å². The molecule has 6 nitrogen and oxygen atoms in total. The first-order chi connectivity index (χ1) is 9.89. The molecule has 1 aliphatic heterocycles. The number of carbonyl (C=O) groups excluding carboxylic acids is 1. The van der Waals surface area contributed by atoms with E-state index in [-0.39, 0.29) is 10.8 Å². The monoisotopic (exact) mass is 312 g/mol. The van der Waals surface area contributed by atoms with Crippen LogP contribution >= 0.6 is 0 Å². The number of hydrogen-bond acceptors (Lipinski definition) is 5. The van der Waals surface area contributed by atoms with Gasteiger partial charge in [0, 0.05) is 19.3 Å². The molecule has 21 heavy (non-hydrogen) atoms. The van der Waals surface area contributed by atoms with Gasteiger partial charge in [-0.2, -0.15) is 0 Å². The maximum Gasteiger partial charge on any atom is 0.244 e. The van der Waals surface area contributed by atoms with Gasteiger partial charge in [-0.15, -0.1) is 0 Å². The van der Waals surface area contributed by atoms with E-state index in [2.05, 4.69) is 5.32 Å². The topological polar surface area (TPSA) is 75.7 Å². The molecule has 1 atom stereocenters. The number of hydrogen-bond donors (Lipinski definition) is 1. The summed E-state index contributed by atoms with van der Waals surface area (Å²) in [6, 6.07) is 6.10. The third-order valence-corrected chi connectivity index (χ3v) is 4.51. The quantitative estimate of drug-likeness (QED) is 0.888. The molecule has 1 unspecified atom stereocenters. The molecule has 0 radical (unpaired) electrons. The van der Waals surface area contributed by atoms with Crippen LogP contribution in [-0.2, 0) is 19.4 Å². The summed E-state index contributed by atoms with van der Waals surface area (Å²) in [6.07, 6.45) is 1.15. The second kappa shape index (κ2) is 6.44. The van der Waals surface area contributed by atoms with Gasteiger partial charge in [0.2, 0.25) is 5.91 Å². The summed E-state index contributed by atoms with van der Waals surface area (Å²) in [4.78, 5) is 14.2. The minimum absolute atomic E-state index is 0.0541. The Morgan fingerprint density at radius 1 is 1.29 bits per heavy atom. The smallest absolute Gasteiger partial charge is 0.244 e. The van der Waals surface area contributed by atoms with Crippen LogP contribution in [0.4, 0.5) is 5.69 Å². The zero-order valence-corrected chi connectivity index (χ0v) is 13.0. The van der Waals surface area contributed by atoms with Crippen LogP contribution in [0.25, 0.3) is 0 Å². The Hall–Kier alpha value is -1.60. The van der Waals surface area contributed by atoms with Crippen molar-refractivity contribution in [3.8, 4) is 0 Å². The Labute approximate surface area is 125 Å². The summed E-state index contributed by atoms with van der Waals surface area (Å²) >= 11 is 0. The number of ether oxygens (including phenoxy) is 1. The van der Waals surface area contributed by atoms with Crippen LogP contribution < -0.4 is 5.32 Å². The summed E-state index contributed by atoms with van der Waals surface area (Å²) in [5.41, 5.74) is 0.453. The van der Waals surface area contributed by atoms with Crippen LogP contribution in [0.1, 0.15) is 6.92 Å². The molecule has 7 heteroatoms.